The van der Waals surface area contributed by atoms with E-state index in [1.165, 1.54) is 12.1 Å². The highest BCUT2D eigenvalue weighted by atomic mass is 19.4. The number of alkyl halides is 3. The van der Waals surface area contributed by atoms with Crippen LogP contribution in [0.5, 0.6) is 0 Å². The molecular weight excluding hydrogens is 195 g/mol. The Morgan fingerprint density at radius 1 is 1.07 bits per heavy atom. The van der Waals surface area contributed by atoms with Crippen molar-refractivity contribution in [1.29, 1.82) is 10.5 Å². The van der Waals surface area contributed by atoms with Gasteiger partial charge in [-0.2, -0.15) is 23.7 Å². The third kappa shape index (κ3) is 1.99. The first-order valence-corrected chi connectivity index (χ1v) is 3.37. The van der Waals surface area contributed by atoms with Crippen molar-refractivity contribution in [3.8, 4) is 12.1 Å². The van der Waals surface area contributed by atoms with Gasteiger partial charge in [0.15, 0.2) is 0 Å². The minimum atomic E-state index is -4.57. The van der Waals surface area contributed by atoms with E-state index in [0.29, 0.717) is 12.1 Å². The number of rotatable bonds is 0. The fourth-order valence-electron chi connectivity index (χ4n) is 0.809. The lowest BCUT2D eigenvalue weighted by molar-refractivity contribution is -0.137. The molecule has 6 heteroatoms. The van der Waals surface area contributed by atoms with Crippen molar-refractivity contribution >= 4 is 0 Å². The Labute approximate surface area is 77.0 Å². The molecule has 1 rings (SSSR count). The van der Waals surface area contributed by atoms with Crippen molar-refractivity contribution in [2.75, 3.05) is 0 Å². The molecule has 0 unspecified atom stereocenters. The Morgan fingerprint density at radius 2 is 1.50 bits per heavy atom. The normalized spacial score (nSPS) is 10.4. The van der Waals surface area contributed by atoms with E-state index in [1.54, 1.807) is 0 Å². The number of pyridine rings is 1. The Bertz CT molecular complexity index is 404. The van der Waals surface area contributed by atoms with Gasteiger partial charge in [-0.3, -0.25) is 0 Å². The van der Waals surface area contributed by atoms with Crippen LogP contribution < -0.4 is 0 Å². The molecule has 0 saturated carbocycles. The monoisotopic (exact) mass is 197 g/mol. The summed E-state index contributed by atoms with van der Waals surface area (Å²) in [6.45, 7) is 0. The number of halogens is 3. The van der Waals surface area contributed by atoms with Gasteiger partial charge >= 0.3 is 6.18 Å². The maximum Gasteiger partial charge on any atom is 0.416 e. The van der Waals surface area contributed by atoms with E-state index in [2.05, 4.69) is 4.98 Å². The maximum absolute atomic E-state index is 12.2. The van der Waals surface area contributed by atoms with E-state index in [9.17, 15) is 13.2 Å². The molecule has 1 heterocycles. The van der Waals surface area contributed by atoms with Crippen LogP contribution in [0.3, 0.4) is 0 Å². The summed E-state index contributed by atoms with van der Waals surface area (Å²) in [7, 11) is 0. The van der Waals surface area contributed by atoms with Gasteiger partial charge in [0, 0.05) is 0 Å². The zero-order chi connectivity index (χ0) is 10.8. The fraction of sp³-hybridized carbons (Fsp3) is 0.125. The molecule has 0 aromatic carbocycles. The van der Waals surface area contributed by atoms with Crippen LogP contribution in [0.15, 0.2) is 12.1 Å². The summed E-state index contributed by atoms with van der Waals surface area (Å²) in [5, 5.41) is 16.7. The lowest BCUT2D eigenvalue weighted by Crippen LogP contribution is -2.07. The van der Waals surface area contributed by atoms with Gasteiger partial charge in [-0.05, 0) is 12.1 Å². The average Bonchev–Trinajstić information content (AvgIpc) is 2.15. The highest BCUT2D eigenvalue weighted by Crippen LogP contribution is 2.29. The molecule has 0 aliphatic carbocycles. The van der Waals surface area contributed by atoms with Crippen molar-refractivity contribution in [3.63, 3.8) is 0 Å². The van der Waals surface area contributed by atoms with E-state index in [0.717, 1.165) is 0 Å². The van der Waals surface area contributed by atoms with E-state index in [1.807, 2.05) is 0 Å². The molecule has 0 aliphatic rings. The van der Waals surface area contributed by atoms with Gasteiger partial charge in [0.2, 0.25) is 0 Å². The predicted molar refractivity (Wildman–Crippen MR) is 38.7 cm³/mol. The second-order valence-corrected chi connectivity index (χ2v) is 2.35. The number of nitrogens with zero attached hydrogens (tertiary/aromatic N) is 3. The molecule has 1 aromatic rings. The first kappa shape index (κ1) is 10.0. The van der Waals surface area contributed by atoms with Crippen molar-refractivity contribution in [2.45, 2.75) is 6.18 Å². The van der Waals surface area contributed by atoms with Crippen LogP contribution in [-0.4, -0.2) is 4.98 Å². The summed E-state index contributed by atoms with van der Waals surface area (Å²) >= 11 is 0. The largest absolute Gasteiger partial charge is 0.416 e. The number of nitriles is 2. The van der Waals surface area contributed by atoms with Crippen LogP contribution in [0.2, 0.25) is 0 Å². The first-order chi connectivity index (χ1) is 6.47. The lowest BCUT2D eigenvalue weighted by atomic mass is 10.2. The summed E-state index contributed by atoms with van der Waals surface area (Å²) in [6.07, 6.45) is -4.57. The van der Waals surface area contributed by atoms with Crippen LogP contribution in [0, 0.1) is 22.7 Å². The molecule has 0 bridgehead atoms. The van der Waals surface area contributed by atoms with E-state index in [4.69, 9.17) is 10.5 Å². The Morgan fingerprint density at radius 3 is 1.79 bits per heavy atom. The van der Waals surface area contributed by atoms with Crippen molar-refractivity contribution in [3.05, 3.63) is 29.1 Å². The zero-order valence-electron chi connectivity index (χ0n) is 6.63. The van der Waals surface area contributed by atoms with Gasteiger partial charge in [-0.25, -0.2) is 4.98 Å². The summed E-state index contributed by atoms with van der Waals surface area (Å²) in [5.41, 5.74) is -1.88. The number of hydrogen-bond donors (Lipinski definition) is 0. The molecule has 0 N–H and O–H groups in total. The minimum Gasteiger partial charge on any atom is -0.226 e. The van der Waals surface area contributed by atoms with Gasteiger partial charge in [0.1, 0.15) is 23.5 Å². The van der Waals surface area contributed by atoms with Crippen LogP contribution in [0.4, 0.5) is 13.2 Å². The first-order valence-electron chi connectivity index (χ1n) is 3.37. The zero-order valence-corrected chi connectivity index (χ0v) is 6.63. The Kier molecular flexibility index (Phi) is 2.39. The van der Waals surface area contributed by atoms with Crippen molar-refractivity contribution in [2.24, 2.45) is 0 Å². The van der Waals surface area contributed by atoms with Crippen LogP contribution >= 0.6 is 0 Å². The van der Waals surface area contributed by atoms with E-state index in [-0.39, 0.29) is 0 Å². The topological polar surface area (TPSA) is 60.5 Å². The lowest BCUT2D eigenvalue weighted by Gasteiger charge is -2.05. The second kappa shape index (κ2) is 3.35. The van der Waals surface area contributed by atoms with Crippen molar-refractivity contribution in [1.82, 2.24) is 4.98 Å². The van der Waals surface area contributed by atoms with Gasteiger partial charge in [-0.15, -0.1) is 0 Å². The molecule has 0 fully saturated rings. The summed E-state index contributed by atoms with van der Waals surface area (Å²) in [5.74, 6) is 0. The van der Waals surface area contributed by atoms with Gasteiger partial charge < -0.3 is 0 Å². The summed E-state index contributed by atoms with van der Waals surface area (Å²) in [6, 6.07) is 4.10. The third-order valence-corrected chi connectivity index (χ3v) is 1.38. The van der Waals surface area contributed by atoms with Crippen LogP contribution in [-0.2, 0) is 6.18 Å². The molecule has 0 radical (unpaired) electrons. The molecule has 14 heavy (non-hydrogen) atoms. The molecule has 70 valence electrons. The van der Waals surface area contributed by atoms with E-state index < -0.39 is 23.1 Å². The van der Waals surface area contributed by atoms with Crippen LogP contribution in [0.1, 0.15) is 17.0 Å². The van der Waals surface area contributed by atoms with Gasteiger partial charge in [-0.1, -0.05) is 0 Å². The molecule has 3 nitrogen and oxygen atoms in total. The second-order valence-electron chi connectivity index (χ2n) is 2.35. The number of aromatic nitrogens is 1. The van der Waals surface area contributed by atoms with Gasteiger partial charge in [0.25, 0.3) is 0 Å². The molecular formula is C8H2F3N3. The fourth-order valence-corrected chi connectivity index (χ4v) is 0.809. The molecule has 0 amide bonds. The predicted octanol–water partition coefficient (Wildman–Crippen LogP) is 1.84. The molecule has 0 atom stereocenters. The van der Waals surface area contributed by atoms with Crippen LogP contribution in [0.25, 0.3) is 0 Å². The summed E-state index contributed by atoms with van der Waals surface area (Å²) < 4.78 is 36.5. The van der Waals surface area contributed by atoms with Crippen molar-refractivity contribution < 1.29 is 13.2 Å². The quantitative estimate of drug-likeness (QED) is 0.637. The highest BCUT2D eigenvalue weighted by Gasteiger charge is 2.31. The maximum atomic E-state index is 12.2. The number of hydrogen-bond acceptors (Lipinski definition) is 3. The molecule has 0 saturated heterocycles. The summed E-state index contributed by atoms with van der Waals surface area (Å²) in [4.78, 5) is 3.36. The average molecular weight is 197 g/mol. The molecule has 0 spiro atoms. The standard InChI is InChI=1S/C8H2F3N3/c9-8(10,11)5-1-6(3-12)14-7(2-5)4-13/h1-2H. The van der Waals surface area contributed by atoms with Gasteiger partial charge in [0.05, 0.1) is 5.56 Å². The smallest absolute Gasteiger partial charge is 0.226 e. The highest BCUT2D eigenvalue weighted by molar-refractivity contribution is 5.35. The molecule has 1 aromatic heterocycles. The minimum absolute atomic E-state index is 0.420. The Balaban J connectivity index is 3.36. The molecule has 0 aliphatic heterocycles. The Hall–Kier alpha value is -2.08. The van der Waals surface area contributed by atoms with E-state index >= 15 is 0 Å². The third-order valence-electron chi connectivity index (χ3n) is 1.38. The SMILES string of the molecule is N#Cc1cc(C(F)(F)F)cc(C#N)n1.